The molecule has 0 amide bonds. The predicted molar refractivity (Wildman–Crippen MR) is 81.4 cm³/mol. The molecule has 0 atom stereocenters. The third kappa shape index (κ3) is 2.41. The van der Waals surface area contributed by atoms with E-state index in [9.17, 15) is 8.78 Å². The average Bonchev–Trinajstić information content (AvgIpc) is 2.86. The van der Waals surface area contributed by atoms with Gasteiger partial charge in [0.1, 0.15) is 18.1 Å². The number of benzene rings is 2. The van der Waals surface area contributed by atoms with E-state index in [1.807, 2.05) is 25.3 Å². The van der Waals surface area contributed by atoms with Crippen molar-refractivity contribution < 1.29 is 13.3 Å². The van der Waals surface area contributed by atoms with Crippen LogP contribution in [0.25, 0.3) is 11.4 Å². The van der Waals surface area contributed by atoms with Gasteiger partial charge in [-0.15, -0.1) is 0 Å². The van der Waals surface area contributed by atoms with Gasteiger partial charge in [0.15, 0.2) is 11.6 Å². The topological polar surface area (TPSA) is 8.81 Å². The smallest absolute Gasteiger partial charge is 0.202 e. The largest absolute Gasteiger partial charge is 0.254 e. The summed E-state index contributed by atoms with van der Waals surface area (Å²) in [7, 11) is 0. The molecule has 1 heterocycles. The first-order valence-corrected chi connectivity index (χ1v) is 7.09. The van der Waals surface area contributed by atoms with E-state index in [0.717, 1.165) is 16.8 Å². The van der Waals surface area contributed by atoms with Crippen molar-refractivity contribution in [1.82, 2.24) is 4.57 Å². The SMILES string of the molecule is Cc1cc(C)c(-[n+]2ccn(-c3c(F)cccc3F)c2)c(C)c1. The zero-order chi connectivity index (χ0) is 15.9. The van der Waals surface area contributed by atoms with E-state index in [-0.39, 0.29) is 5.69 Å². The fourth-order valence-electron chi connectivity index (χ4n) is 2.93. The van der Waals surface area contributed by atoms with Gasteiger partial charge in [-0.3, -0.25) is 0 Å². The van der Waals surface area contributed by atoms with E-state index in [4.69, 9.17) is 0 Å². The van der Waals surface area contributed by atoms with Crippen molar-refractivity contribution in [2.75, 3.05) is 0 Å². The van der Waals surface area contributed by atoms with Crippen molar-refractivity contribution in [3.05, 3.63) is 77.4 Å². The van der Waals surface area contributed by atoms with E-state index >= 15 is 0 Å². The highest BCUT2D eigenvalue weighted by Gasteiger charge is 2.19. The van der Waals surface area contributed by atoms with Crippen LogP contribution >= 0.6 is 0 Å². The Balaban J connectivity index is 2.13. The molecule has 4 heteroatoms. The Hall–Kier alpha value is -2.49. The van der Waals surface area contributed by atoms with Gasteiger partial charge in [-0.25, -0.2) is 13.3 Å². The van der Waals surface area contributed by atoms with Crippen LogP contribution in [0.15, 0.2) is 49.1 Å². The lowest BCUT2D eigenvalue weighted by molar-refractivity contribution is -0.595. The second-order valence-corrected chi connectivity index (χ2v) is 5.55. The fraction of sp³-hybridized carbons (Fsp3) is 0.167. The third-order valence-corrected chi connectivity index (χ3v) is 3.73. The lowest BCUT2D eigenvalue weighted by atomic mass is 10.1. The van der Waals surface area contributed by atoms with Crippen molar-refractivity contribution in [3.63, 3.8) is 0 Å². The molecule has 0 fully saturated rings. The maximum Gasteiger partial charge on any atom is 0.254 e. The number of aryl methyl sites for hydroxylation is 3. The van der Waals surface area contributed by atoms with Crippen molar-refractivity contribution in [2.24, 2.45) is 0 Å². The highest BCUT2D eigenvalue weighted by molar-refractivity contribution is 5.43. The molecular formula is C18H17F2N2+. The van der Waals surface area contributed by atoms with Gasteiger partial charge in [0.2, 0.25) is 5.69 Å². The van der Waals surface area contributed by atoms with Crippen LogP contribution in [0, 0.1) is 32.4 Å². The van der Waals surface area contributed by atoms with Crippen LogP contribution in [0.2, 0.25) is 0 Å². The Bertz CT molecular complexity index is 807. The third-order valence-electron chi connectivity index (χ3n) is 3.73. The monoisotopic (exact) mass is 299 g/mol. The van der Waals surface area contributed by atoms with Gasteiger partial charge in [0.25, 0.3) is 6.33 Å². The van der Waals surface area contributed by atoms with Gasteiger partial charge < -0.3 is 0 Å². The summed E-state index contributed by atoms with van der Waals surface area (Å²) in [6.45, 7) is 6.11. The number of hydrogen-bond acceptors (Lipinski definition) is 0. The molecule has 0 saturated carbocycles. The summed E-state index contributed by atoms with van der Waals surface area (Å²) in [5.41, 5.74) is 4.40. The standard InChI is InChI=1S/C18H17F2N2/c1-12-9-13(2)17(14(3)10-12)21-7-8-22(11-21)18-15(19)5-4-6-16(18)20/h4-11H,1-3H3/q+1. The molecule has 0 unspecified atom stereocenters. The number of nitrogens with zero attached hydrogens (tertiary/aromatic N) is 2. The van der Waals surface area contributed by atoms with Gasteiger partial charge in [-0.2, -0.15) is 4.57 Å². The van der Waals surface area contributed by atoms with E-state index in [2.05, 4.69) is 12.1 Å². The van der Waals surface area contributed by atoms with E-state index in [0.29, 0.717) is 0 Å². The summed E-state index contributed by atoms with van der Waals surface area (Å²) in [5.74, 6) is -1.17. The minimum absolute atomic E-state index is 0.0660. The summed E-state index contributed by atoms with van der Waals surface area (Å²) in [4.78, 5) is 0. The molecule has 0 aliphatic heterocycles. The lowest BCUT2D eigenvalue weighted by Gasteiger charge is -2.07. The number of hydrogen-bond donors (Lipinski definition) is 0. The average molecular weight is 299 g/mol. The minimum atomic E-state index is -0.583. The van der Waals surface area contributed by atoms with Gasteiger partial charge in [0, 0.05) is 0 Å². The molecule has 0 saturated heterocycles. The molecule has 0 aliphatic rings. The Morgan fingerprint density at radius 3 is 2.14 bits per heavy atom. The summed E-state index contributed by atoms with van der Waals surface area (Å²) in [6.07, 6.45) is 5.14. The second-order valence-electron chi connectivity index (χ2n) is 5.55. The van der Waals surface area contributed by atoms with Crippen LogP contribution in [0.3, 0.4) is 0 Å². The Morgan fingerprint density at radius 2 is 1.55 bits per heavy atom. The summed E-state index contributed by atoms with van der Waals surface area (Å²) < 4.78 is 31.1. The second kappa shape index (κ2) is 5.37. The van der Waals surface area contributed by atoms with E-state index in [1.54, 1.807) is 18.7 Å². The van der Waals surface area contributed by atoms with Crippen LogP contribution in [-0.4, -0.2) is 4.57 Å². The number of aromatic nitrogens is 2. The van der Waals surface area contributed by atoms with E-state index in [1.165, 1.54) is 28.3 Å². The lowest BCUT2D eigenvalue weighted by Crippen LogP contribution is -2.30. The normalized spacial score (nSPS) is 11.0. The molecule has 0 aliphatic carbocycles. The van der Waals surface area contributed by atoms with Crippen LogP contribution in [-0.2, 0) is 0 Å². The first-order chi connectivity index (χ1) is 10.5. The van der Waals surface area contributed by atoms with Crippen LogP contribution in [0.4, 0.5) is 8.78 Å². The molecule has 0 N–H and O–H groups in total. The molecule has 3 rings (SSSR count). The zero-order valence-corrected chi connectivity index (χ0v) is 12.8. The van der Waals surface area contributed by atoms with Gasteiger partial charge in [-0.1, -0.05) is 23.8 Å². The van der Waals surface area contributed by atoms with Crippen LogP contribution < -0.4 is 4.57 Å². The Morgan fingerprint density at radius 1 is 0.955 bits per heavy atom. The summed E-state index contributed by atoms with van der Waals surface area (Å²) in [5, 5.41) is 0. The van der Waals surface area contributed by atoms with E-state index < -0.39 is 11.6 Å². The molecule has 0 bridgehead atoms. The number of rotatable bonds is 2. The number of para-hydroxylation sites is 1. The highest BCUT2D eigenvalue weighted by Crippen LogP contribution is 2.19. The molecule has 3 aromatic rings. The van der Waals surface area contributed by atoms with Crippen molar-refractivity contribution in [1.29, 1.82) is 0 Å². The summed E-state index contributed by atoms with van der Waals surface area (Å²) >= 11 is 0. The van der Waals surface area contributed by atoms with Crippen LogP contribution in [0.1, 0.15) is 16.7 Å². The van der Waals surface area contributed by atoms with Crippen molar-refractivity contribution in [2.45, 2.75) is 20.8 Å². The summed E-state index contributed by atoms with van der Waals surface area (Å²) in [6, 6.07) is 8.06. The van der Waals surface area contributed by atoms with Gasteiger partial charge in [0.05, 0.1) is 0 Å². The minimum Gasteiger partial charge on any atom is -0.202 e. The zero-order valence-electron chi connectivity index (χ0n) is 12.8. The molecule has 112 valence electrons. The quantitative estimate of drug-likeness (QED) is 0.633. The molecule has 1 aromatic heterocycles. The van der Waals surface area contributed by atoms with Gasteiger partial charge in [-0.05, 0) is 44.0 Å². The molecule has 0 radical (unpaired) electrons. The Kier molecular flexibility index (Phi) is 3.53. The van der Waals surface area contributed by atoms with Gasteiger partial charge >= 0.3 is 0 Å². The first kappa shape index (κ1) is 14.4. The number of imidazole rings is 1. The molecular weight excluding hydrogens is 282 g/mol. The fourth-order valence-corrected chi connectivity index (χ4v) is 2.93. The highest BCUT2D eigenvalue weighted by atomic mass is 19.1. The van der Waals surface area contributed by atoms with Crippen molar-refractivity contribution in [3.8, 4) is 11.4 Å². The van der Waals surface area contributed by atoms with Crippen LogP contribution in [0.5, 0.6) is 0 Å². The molecule has 2 nitrogen and oxygen atoms in total. The number of halogens is 2. The maximum atomic E-state index is 13.9. The Labute approximate surface area is 128 Å². The maximum absolute atomic E-state index is 13.9. The molecule has 22 heavy (non-hydrogen) atoms. The predicted octanol–water partition coefficient (Wildman–Crippen LogP) is 3.96. The first-order valence-electron chi connectivity index (χ1n) is 7.09. The van der Waals surface area contributed by atoms with Crippen molar-refractivity contribution >= 4 is 0 Å². The molecule has 2 aromatic carbocycles. The molecule has 0 spiro atoms.